The SMILES string of the molecule is COc1ccc2c(c1)S(=O)(=O)c1ccccc1N2C. The summed E-state index contributed by atoms with van der Waals surface area (Å²) in [5, 5.41) is 0. The summed E-state index contributed by atoms with van der Waals surface area (Å²) in [6, 6.07) is 12.1. The number of ether oxygens (including phenoxy) is 1. The second kappa shape index (κ2) is 3.99. The third-order valence-electron chi connectivity index (χ3n) is 3.33. The third-order valence-corrected chi connectivity index (χ3v) is 5.16. The van der Waals surface area contributed by atoms with Gasteiger partial charge in [-0.15, -0.1) is 0 Å². The predicted molar refractivity (Wildman–Crippen MR) is 73.0 cm³/mol. The highest BCUT2D eigenvalue weighted by Gasteiger charge is 2.32. The maximum atomic E-state index is 12.6. The molecule has 0 fully saturated rings. The Hall–Kier alpha value is -2.01. The van der Waals surface area contributed by atoms with Crippen molar-refractivity contribution in [2.24, 2.45) is 0 Å². The van der Waals surface area contributed by atoms with Crippen LogP contribution in [0.2, 0.25) is 0 Å². The topological polar surface area (TPSA) is 46.6 Å². The van der Waals surface area contributed by atoms with Crippen molar-refractivity contribution >= 4 is 21.2 Å². The number of fused-ring (bicyclic) bond motifs is 2. The van der Waals surface area contributed by atoms with Gasteiger partial charge in [0.25, 0.3) is 0 Å². The Bertz CT molecular complexity index is 753. The molecule has 0 aromatic heterocycles. The number of hydrogen-bond acceptors (Lipinski definition) is 4. The van der Waals surface area contributed by atoms with E-state index in [0.717, 1.165) is 0 Å². The van der Waals surface area contributed by atoms with E-state index >= 15 is 0 Å². The summed E-state index contributed by atoms with van der Waals surface area (Å²) < 4.78 is 30.4. The fraction of sp³-hybridized carbons (Fsp3) is 0.143. The summed E-state index contributed by atoms with van der Waals surface area (Å²) >= 11 is 0. The zero-order valence-electron chi connectivity index (χ0n) is 10.6. The molecule has 1 aliphatic rings. The highest BCUT2D eigenvalue weighted by molar-refractivity contribution is 7.92. The van der Waals surface area contributed by atoms with Crippen molar-refractivity contribution in [3.63, 3.8) is 0 Å². The van der Waals surface area contributed by atoms with Gasteiger partial charge in [-0.2, -0.15) is 0 Å². The van der Waals surface area contributed by atoms with E-state index in [2.05, 4.69) is 0 Å². The van der Waals surface area contributed by atoms with Crippen LogP contribution in [0.5, 0.6) is 5.75 Å². The molecule has 0 saturated carbocycles. The van der Waals surface area contributed by atoms with Gasteiger partial charge in [0.2, 0.25) is 9.84 Å². The molecule has 0 spiro atoms. The lowest BCUT2D eigenvalue weighted by molar-refractivity contribution is 0.413. The molecular formula is C14H13NO3S. The van der Waals surface area contributed by atoms with Crippen LogP contribution < -0.4 is 9.64 Å². The van der Waals surface area contributed by atoms with Crippen LogP contribution in [-0.2, 0) is 9.84 Å². The molecule has 98 valence electrons. The number of anilines is 2. The van der Waals surface area contributed by atoms with Gasteiger partial charge in [0, 0.05) is 13.1 Å². The van der Waals surface area contributed by atoms with Gasteiger partial charge in [-0.05, 0) is 24.3 Å². The highest BCUT2D eigenvalue weighted by Crippen LogP contribution is 2.43. The van der Waals surface area contributed by atoms with Crippen LogP contribution in [-0.4, -0.2) is 22.6 Å². The summed E-state index contributed by atoms with van der Waals surface area (Å²) in [4.78, 5) is 2.50. The quantitative estimate of drug-likeness (QED) is 0.802. The van der Waals surface area contributed by atoms with Crippen molar-refractivity contribution < 1.29 is 13.2 Å². The fourth-order valence-corrected chi connectivity index (χ4v) is 4.05. The molecular weight excluding hydrogens is 262 g/mol. The van der Waals surface area contributed by atoms with Crippen molar-refractivity contribution in [2.75, 3.05) is 19.1 Å². The molecule has 4 nitrogen and oxygen atoms in total. The van der Waals surface area contributed by atoms with E-state index in [0.29, 0.717) is 22.0 Å². The summed E-state index contributed by atoms with van der Waals surface area (Å²) in [6.45, 7) is 0. The van der Waals surface area contributed by atoms with Gasteiger partial charge < -0.3 is 9.64 Å². The lowest BCUT2D eigenvalue weighted by Gasteiger charge is -2.29. The molecule has 5 heteroatoms. The van der Waals surface area contributed by atoms with E-state index < -0.39 is 9.84 Å². The van der Waals surface area contributed by atoms with Crippen LogP contribution in [0.4, 0.5) is 11.4 Å². The Morgan fingerprint density at radius 2 is 1.68 bits per heavy atom. The molecule has 0 N–H and O–H groups in total. The number of sulfone groups is 1. The first-order chi connectivity index (χ1) is 9.05. The molecule has 0 unspecified atom stereocenters. The average Bonchev–Trinajstić information content (AvgIpc) is 2.45. The second-order valence-electron chi connectivity index (χ2n) is 4.36. The van der Waals surface area contributed by atoms with E-state index in [1.807, 2.05) is 18.0 Å². The van der Waals surface area contributed by atoms with Crippen LogP contribution in [0.25, 0.3) is 0 Å². The van der Waals surface area contributed by atoms with Gasteiger partial charge in [-0.1, -0.05) is 12.1 Å². The maximum absolute atomic E-state index is 12.6. The second-order valence-corrected chi connectivity index (χ2v) is 6.25. The minimum absolute atomic E-state index is 0.285. The van der Waals surface area contributed by atoms with Crippen molar-refractivity contribution in [3.05, 3.63) is 42.5 Å². The number of hydrogen-bond donors (Lipinski definition) is 0. The summed E-state index contributed by atoms with van der Waals surface area (Å²) in [5.74, 6) is 0.537. The Morgan fingerprint density at radius 3 is 2.42 bits per heavy atom. The van der Waals surface area contributed by atoms with Gasteiger partial charge >= 0.3 is 0 Å². The van der Waals surface area contributed by atoms with Crippen molar-refractivity contribution in [3.8, 4) is 5.75 Å². The van der Waals surface area contributed by atoms with E-state index in [-0.39, 0.29) is 4.90 Å². The summed E-state index contributed by atoms with van der Waals surface area (Å²) in [5.41, 5.74) is 1.36. The van der Waals surface area contributed by atoms with Crippen molar-refractivity contribution in [1.29, 1.82) is 0 Å². The predicted octanol–water partition coefficient (Wildman–Crippen LogP) is 2.61. The third kappa shape index (κ3) is 1.62. The number of nitrogens with zero attached hydrogens (tertiary/aromatic N) is 1. The van der Waals surface area contributed by atoms with Crippen LogP contribution in [0.3, 0.4) is 0 Å². The number of para-hydroxylation sites is 1. The molecule has 1 aliphatic heterocycles. The molecule has 19 heavy (non-hydrogen) atoms. The largest absolute Gasteiger partial charge is 0.497 e. The van der Waals surface area contributed by atoms with Gasteiger partial charge in [0.1, 0.15) is 5.75 Å². The van der Waals surface area contributed by atoms with Crippen LogP contribution in [0, 0.1) is 0 Å². The molecule has 0 radical (unpaired) electrons. The van der Waals surface area contributed by atoms with Crippen molar-refractivity contribution in [2.45, 2.75) is 9.79 Å². The zero-order valence-corrected chi connectivity index (χ0v) is 11.4. The molecule has 2 aromatic rings. The highest BCUT2D eigenvalue weighted by atomic mass is 32.2. The lowest BCUT2D eigenvalue weighted by Crippen LogP contribution is -2.22. The average molecular weight is 275 g/mol. The first-order valence-electron chi connectivity index (χ1n) is 5.81. The van der Waals surface area contributed by atoms with E-state index in [1.165, 1.54) is 7.11 Å². The molecule has 0 atom stereocenters. The molecule has 2 aromatic carbocycles. The molecule has 1 heterocycles. The fourth-order valence-electron chi connectivity index (χ4n) is 2.32. The molecule has 0 saturated heterocycles. The minimum Gasteiger partial charge on any atom is -0.497 e. The Kier molecular flexibility index (Phi) is 2.53. The summed E-state index contributed by atoms with van der Waals surface area (Å²) in [7, 11) is -0.106. The van der Waals surface area contributed by atoms with Gasteiger partial charge in [0.05, 0.1) is 28.3 Å². The van der Waals surface area contributed by atoms with E-state index in [9.17, 15) is 8.42 Å². The standard InChI is InChI=1S/C14H13NO3S/c1-15-11-5-3-4-6-13(11)19(16,17)14-9-10(18-2)7-8-12(14)15/h3-9H,1-2H3. The molecule has 0 amide bonds. The number of rotatable bonds is 1. The minimum atomic E-state index is -3.49. The molecule has 0 aliphatic carbocycles. The zero-order chi connectivity index (χ0) is 13.6. The monoisotopic (exact) mass is 275 g/mol. The normalized spacial score (nSPS) is 15.6. The van der Waals surface area contributed by atoms with Crippen LogP contribution >= 0.6 is 0 Å². The lowest BCUT2D eigenvalue weighted by atomic mass is 10.2. The first-order valence-corrected chi connectivity index (χ1v) is 7.30. The first kappa shape index (κ1) is 12.0. The molecule has 0 bridgehead atoms. The Balaban J connectivity index is 2.35. The van der Waals surface area contributed by atoms with Gasteiger partial charge in [0.15, 0.2) is 0 Å². The van der Waals surface area contributed by atoms with Crippen LogP contribution in [0.1, 0.15) is 0 Å². The van der Waals surface area contributed by atoms with E-state index in [1.54, 1.807) is 36.4 Å². The van der Waals surface area contributed by atoms with Crippen molar-refractivity contribution in [1.82, 2.24) is 0 Å². The van der Waals surface area contributed by atoms with Gasteiger partial charge in [-0.25, -0.2) is 8.42 Å². The Labute approximate surface area is 112 Å². The Morgan fingerprint density at radius 1 is 1.00 bits per heavy atom. The number of benzene rings is 2. The molecule has 3 rings (SSSR count). The summed E-state index contributed by atoms with van der Waals surface area (Å²) in [6.07, 6.45) is 0. The van der Waals surface area contributed by atoms with Gasteiger partial charge in [-0.3, -0.25) is 0 Å². The van der Waals surface area contributed by atoms with Crippen LogP contribution in [0.15, 0.2) is 52.3 Å². The van der Waals surface area contributed by atoms with E-state index in [4.69, 9.17) is 4.74 Å². The number of methoxy groups -OCH3 is 1. The maximum Gasteiger partial charge on any atom is 0.210 e. The smallest absolute Gasteiger partial charge is 0.210 e.